The quantitative estimate of drug-likeness (QED) is 0.899. The summed E-state index contributed by atoms with van der Waals surface area (Å²) in [5.74, 6) is -0.825. The van der Waals surface area contributed by atoms with Gasteiger partial charge in [-0.3, -0.25) is 4.79 Å². The minimum atomic E-state index is -4.74. The van der Waals surface area contributed by atoms with Crippen molar-refractivity contribution in [1.29, 1.82) is 0 Å². The minimum absolute atomic E-state index is 0.189. The van der Waals surface area contributed by atoms with Crippen molar-refractivity contribution in [1.82, 2.24) is 4.98 Å². The van der Waals surface area contributed by atoms with Crippen molar-refractivity contribution in [2.24, 2.45) is 0 Å². The van der Waals surface area contributed by atoms with Crippen molar-refractivity contribution in [3.8, 4) is 5.75 Å². The predicted octanol–water partition coefficient (Wildman–Crippen LogP) is 4.00. The first-order valence-electron chi connectivity index (χ1n) is 5.62. The summed E-state index contributed by atoms with van der Waals surface area (Å²) in [6.07, 6.45) is -3.28. The first-order chi connectivity index (χ1) is 9.83. The molecule has 8 heteroatoms. The smallest absolute Gasteiger partial charge is 0.406 e. The number of carbonyl (C=O) groups is 1. The van der Waals surface area contributed by atoms with Gasteiger partial charge in [0.1, 0.15) is 11.4 Å². The molecule has 0 aliphatic rings. The maximum Gasteiger partial charge on any atom is 0.573 e. The number of carbonyl (C=O) groups excluding carboxylic acids is 1. The third-order valence-electron chi connectivity index (χ3n) is 2.31. The lowest BCUT2D eigenvalue weighted by Gasteiger charge is -2.09. The van der Waals surface area contributed by atoms with E-state index in [0.29, 0.717) is 5.69 Å². The average molecular weight is 361 g/mol. The van der Waals surface area contributed by atoms with E-state index >= 15 is 0 Å². The third-order valence-corrected chi connectivity index (χ3v) is 2.77. The number of alkyl halides is 3. The van der Waals surface area contributed by atoms with Crippen LogP contribution in [-0.4, -0.2) is 17.3 Å². The number of nitrogens with zero attached hydrogens (tertiary/aromatic N) is 1. The molecule has 110 valence electrons. The largest absolute Gasteiger partial charge is 0.573 e. The van der Waals surface area contributed by atoms with Crippen LogP contribution in [0.15, 0.2) is 47.1 Å². The average Bonchev–Trinajstić information content (AvgIpc) is 2.40. The zero-order valence-electron chi connectivity index (χ0n) is 10.3. The number of halogens is 4. The standard InChI is InChI=1S/C13H8BrF3N2O2/c14-8-1-6-11(18-7-8)12(20)19-9-2-4-10(5-3-9)21-13(15,16)17/h1-7H,(H,19,20). The second kappa shape index (κ2) is 6.13. The zero-order chi connectivity index (χ0) is 15.5. The Hall–Kier alpha value is -2.09. The number of hydrogen-bond donors (Lipinski definition) is 1. The van der Waals surface area contributed by atoms with Gasteiger partial charge in [-0.15, -0.1) is 13.2 Å². The van der Waals surface area contributed by atoms with Gasteiger partial charge in [-0.1, -0.05) is 0 Å². The van der Waals surface area contributed by atoms with E-state index in [0.717, 1.165) is 16.6 Å². The molecule has 0 atom stereocenters. The summed E-state index contributed by atoms with van der Waals surface area (Å²) >= 11 is 3.19. The van der Waals surface area contributed by atoms with Gasteiger partial charge in [-0.05, 0) is 52.3 Å². The van der Waals surface area contributed by atoms with Crippen LogP contribution in [0.1, 0.15) is 10.5 Å². The van der Waals surface area contributed by atoms with Crippen LogP contribution < -0.4 is 10.1 Å². The van der Waals surface area contributed by atoms with Gasteiger partial charge in [-0.25, -0.2) is 4.98 Å². The highest BCUT2D eigenvalue weighted by atomic mass is 79.9. The fourth-order valence-corrected chi connectivity index (χ4v) is 1.68. The maximum atomic E-state index is 12.0. The Morgan fingerprint density at radius 2 is 1.81 bits per heavy atom. The van der Waals surface area contributed by atoms with Gasteiger partial charge in [0, 0.05) is 16.4 Å². The maximum absolute atomic E-state index is 12.0. The number of ether oxygens (including phenoxy) is 1. The summed E-state index contributed by atoms with van der Waals surface area (Å²) in [7, 11) is 0. The second-order valence-electron chi connectivity index (χ2n) is 3.89. The molecule has 0 aliphatic carbocycles. The van der Waals surface area contributed by atoms with Crippen LogP contribution in [0.4, 0.5) is 18.9 Å². The molecule has 1 aromatic carbocycles. The van der Waals surface area contributed by atoms with Crippen molar-refractivity contribution < 1.29 is 22.7 Å². The highest BCUT2D eigenvalue weighted by Crippen LogP contribution is 2.24. The minimum Gasteiger partial charge on any atom is -0.406 e. The lowest BCUT2D eigenvalue weighted by molar-refractivity contribution is -0.274. The first kappa shape index (κ1) is 15.3. The number of rotatable bonds is 3. The lowest BCUT2D eigenvalue weighted by Crippen LogP contribution is -2.17. The van der Waals surface area contributed by atoms with Crippen LogP contribution >= 0.6 is 15.9 Å². The number of benzene rings is 1. The summed E-state index contributed by atoms with van der Waals surface area (Å²) in [5, 5.41) is 2.51. The molecule has 0 saturated heterocycles. The van der Waals surface area contributed by atoms with Crippen LogP contribution in [0.5, 0.6) is 5.75 Å². The molecule has 0 fully saturated rings. The van der Waals surface area contributed by atoms with Crippen molar-refractivity contribution >= 4 is 27.5 Å². The number of nitrogens with one attached hydrogen (secondary N) is 1. The Morgan fingerprint density at radius 1 is 1.14 bits per heavy atom. The normalized spacial score (nSPS) is 11.0. The molecule has 0 spiro atoms. The number of aromatic nitrogens is 1. The molecule has 0 bridgehead atoms. The van der Waals surface area contributed by atoms with Gasteiger partial charge in [0.2, 0.25) is 0 Å². The fourth-order valence-electron chi connectivity index (χ4n) is 1.45. The van der Waals surface area contributed by atoms with E-state index in [9.17, 15) is 18.0 Å². The molecule has 4 nitrogen and oxygen atoms in total. The van der Waals surface area contributed by atoms with Gasteiger partial charge < -0.3 is 10.1 Å². The molecule has 1 N–H and O–H groups in total. The van der Waals surface area contributed by atoms with Crippen LogP contribution in [0.2, 0.25) is 0 Å². The predicted molar refractivity (Wildman–Crippen MR) is 73.0 cm³/mol. The molecule has 0 unspecified atom stereocenters. The van der Waals surface area contributed by atoms with Crippen LogP contribution in [-0.2, 0) is 0 Å². The first-order valence-corrected chi connectivity index (χ1v) is 6.41. The van der Waals surface area contributed by atoms with Crippen molar-refractivity contribution in [3.05, 3.63) is 52.8 Å². The SMILES string of the molecule is O=C(Nc1ccc(OC(F)(F)F)cc1)c1ccc(Br)cn1. The Kier molecular flexibility index (Phi) is 4.46. The van der Waals surface area contributed by atoms with Crippen molar-refractivity contribution in [3.63, 3.8) is 0 Å². The summed E-state index contributed by atoms with van der Waals surface area (Å²) in [6, 6.07) is 7.99. The summed E-state index contributed by atoms with van der Waals surface area (Å²) in [6.45, 7) is 0. The molecular weight excluding hydrogens is 353 g/mol. The summed E-state index contributed by atoms with van der Waals surface area (Å²) < 4.78 is 40.5. The van der Waals surface area contributed by atoms with E-state index in [1.54, 1.807) is 6.07 Å². The highest BCUT2D eigenvalue weighted by Gasteiger charge is 2.30. The number of anilines is 1. The van der Waals surface area contributed by atoms with E-state index in [-0.39, 0.29) is 11.4 Å². The fraction of sp³-hybridized carbons (Fsp3) is 0.0769. The Labute approximate surface area is 126 Å². The molecule has 0 radical (unpaired) electrons. The van der Waals surface area contributed by atoms with E-state index in [2.05, 4.69) is 31.0 Å². The molecule has 1 aromatic heterocycles. The van der Waals surface area contributed by atoms with Crippen LogP contribution in [0, 0.1) is 0 Å². The lowest BCUT2D eigenvalue weighted by atomic mass is 10.3. The van der Waals surface area contributed by atoms with E-state index in [1.807, 2.05) is 0 Å². The van der Waals surface area contributed by atoms with Gasteiger partial charge in [-0.2, -0.15) is 0 Å². The summed E-state index contributed by atoms with van der Waals surface area (Å²) in [4.78, 5) is 15.7. The number of amides is 1. The number of hydrogen-bond acceptors (Lipinski definition) is 3. The Morgan fingerprint density at radius 3 is 2.33 bits per heavy atom. The molecule has 0 saturated carbocycles. The second-order valence-corrected chi connectivity index (χ2v) is 4.80. The van der Waals surface area contributed by atoms with Gasteiger partial charge in [0.05, 0.1) is 0 Å². The van der Waals surface area contributed by atoms with Gasteiger partial charge >= 0.3 is 6.36 Å². The Balaban J connectivity index is 2.03. The van der Waals surface area contributed by atoms with Crippen molar-refractivity contribution in [2.45, 2.75) is 6.36 Å². The molecular formula is C13H8BrF3N2O2. The third kappa shape index (κ3) is 4.75. The molecule has 1 amide bonds. The van der Waals surface area contributed by atoms with E-state index in [1.165, 1.54) is 24.4 Å². The summed E-state index contributed by atoms with van der Waals surface area (Å²) in [5.41, 5.74) is 0.521. The topological polar surface area (TPSA) is 51.2 Å². The van der Waals surface area contributed by atoms with E-state index in [4.69, 9.17) is 0 Å². The van der Waals surface area contributed by atoms with Gasteiger partial charge in [0.25, 0.3) is 5.91 Å². The van der Waals surface area contributed by atoms with Crippen LogP contribution in [0.3, 0.4) is 0 Å². The Bertz CT molecular complexity index is 627. The van der Waals surface area contributed by atoms with E-state index < -0.39 is 12.3 Å². The van der Waals surface area contributed by atoms with Crippen LogP contribution in [0.25, 0.3) is 0 Å². The highest BCUT2D eigenvalue weighted by molar-refractivity contribution is 9.10. The monoisotopic (exact) mass is 360 g/mol. The number of pyridine rings is 1. The molecule has 2 rings (SSSR count). The zero-order valence-corrected chi connectivity index (χ0v) is 11.9. The van der Waals surface area contributed by atoms with Gasteiger partial charge in [0.15, 0.2) is 0 Å². The molecule has 21 heavy (non-hydrogen) atoms. The molecule has 2 aromatic rings. The molecule has 1 heterocycles. The molecule has 0 aliphatic heterocycles. The van der Waals surface area contributed by atoms with Crippen molar-refractivity contribution in [2.75, 3.05) is 5.32 Å².